The Morgan fingerprint density at radius 1 is 1.14 bits per heavy atom. The van der Waals surface area contributed by atoms with Crippen molar-refractivity contribution >= 4 is 24.0 Å². The van der Waals surface area contributed by atoms with Gasteiger partial charge in [0.2, 0.25) is 0 Å². The van der Waals surface area contributed by atoms with E-state index in [2.05, 4.69) is 0 Å². The number of rotatable bonds is 2. The highest BCUT2D eigenvalue weighted by atomic mass is 35.5. The summed E-state index contributed by atoms with van der Waals surface area (Å²) in [5, 5.41) is 0.260. The van der Waals surface area contributed by atoms with Gasteiger partial charge in [-0.3, -0.25) is 0 Å². The van der Waals surface area contributed by atoms with Gasteiger partial charge in [0.15, 0.2) is 6.17 Å². The summed E-state index contributed by atoms with van der Waals surface area (Å²) in [4.78, 5) is 0. The summed E-state index contributed by atoms with van der Waals surface area (Å²) < 4.78 is 36.3. The fourth-order valence-corrected chi connectivity index (χ4v) is 1.02. The van der Waals surface area contributed by atoms with Crippen molar-refractivity contribution in [3.8, 4) is 0 Å². The fourth-order valence-electron chi connectivity index (χ4n) is 0.824. The van der Waals surface area contributed by atoms with Crippen LogP contribution in [-0.2, 0) is 0 Å². The average molecular weight is 248 g/mol. The Kier molecular flexibility index (Phi) is 7.91. The maximum Gasteiger partial charge on any atom is 0.273 e. The Balaban J connectivity index is 0. The second-order valence-corrected chi connectivity index (χ2v) is 2.73. The third kappa shape index (κ3) is 4.17. The molecule has 0 spiro atoms. The van der Waals surface area contributed by atoms with Crippen LogP contribution in [-0.4, -0.2) is 6.43 Å². The number of alkyl halides is 3. The Labute approximate surface area is 91.3 Å². The molecule has 14 heavy (non-hydrogen) atoms. The maximum absolute atomic E-state index is 12.6. The molecule has 1 aromatic carbocycles. The minimum absolute atomic E-state index is 0. The molecule has 1 atom stereocenters. The first-order chi connectivity index (χ1) is 5.61. The molecule has 0 aliphatic rings. The Bertz CT molecular complexity index is 271. The molecule has 0 heterocycles. The molecule has 0 amide bonds. The Hall–Kier alpha value is -0.450. The molecule has 0 aliphatic carbocycles. The van der Waals surface area contributed by atoms with Crippen LogP contribution in [0.5, 0.6) is 0 Å². The first-order valence-electron chi connectivity index (χ1n) is 3.29. The standard InChI is InChI=1S/C8H6ClF3.ClH.H3N/c9-6-3-1-2-5(4-6)7(10)8(11)12;;/h1-4,7-8H;1H;1H3. The van der Waals surface area contributed by atoms with Gasteiger partial charge in [-0.2, -0.15) is 0 Å². The molecule has 0 aliphatic heterocycles. The molecule has 0 saturated carbocycles. The van der Waals surface area contributed by atoms with Gasteiger partial charge in [-0.05, 0) is 17.7 Å². The van der Waals surface area contributed by atoms with E-state index in [1.54, 1.807) is 0 Å². The van der Waals surface area contributed by atoms with Crippen LogP contribution < -0.4 is 6.15 Å². The highest BCUT2D eigenvalue weighted by Gasteiger charge is 2.21. The summed E-state index contributed by atoms with van der Waals surface area (Å²) >= 11 is 5.48. The summed E-state index contributed by atoms with van der Waals surface area (Å²) in [7, 11) is 0. The van der Waals surface area contributed by atoms with Crippen molar-refractivity contribution in [1.82, 2.24) is 6.15 Å². The van der Waals surface area contributed by atoms with Crippen molar-refractivity contribution in [2.75, 3.05) is 0 Å². The van der Waals surface area contributed by atoms with Crippen molar-refractivity contribution in [3.63, 3.8) is 0 Å². The molecule has 1 aromatic rings. The van der Waals surface area contributed by atoms with Crippen LogP contribution in [0, 0.1) is 0 Å². The van der Waals surface area contributed by atoms with Gasteiger partial charge >= 0.3 is 0 Å². The van der Waals surface area contributed by atoms with Gasteiger partial charge < -0.3 is 6.15 Å². The van der Waals surface area contributed by atoms with Crippen LogP contribution in [0.4, 0.5) is 13.2 Å². The highest BCUT2D eigenvalue weighted by Crippen LogP contribution is 2.26. The predicted octanol–water partition coefficient (Wildman–Crippen LogP) is 4.20. The van der Waals surface area contributed by atoms with Gasteiger partial charge in [0.1, 0.15) is 0 Å². The van der Waals surface area contributed by atoms with E-state index in [4.69, 9.17) is 11.6 Å². The minimum Gasteiger partial charge on any atom is -0.344 e. The lowest BCUT2D eigenvalue weighted by Gasteiger charge is -2.06. The normalized spacial score (nSPS) is 11.5. The van der Waals surface area contributed by atoms with Crippen molar-refractivity contribution < 1.29 is 13.2 Å². The molecule has 0 aromatic heterocycles. The molecule has 1 rings (SSSR count). The predicted molar refractivity (Wildman–Crippen MR) is 53.6 cm³/mol. The molecule has 0 radical (unpaired) electrons. The number of halogens is 5. The van der Waals surface area contributed by atoms with Crippen LogP contribution in [0.15, 0.2) is 24.3 Å². The molecule has 1 unspecified atom stereocenters. The van der Waals surface area contributed by atoms with E-state index in [1.807, 2.05) is 0 Å². The first-order valence-corrected chi connectivity index (χ1v) is 3.66. The Morgan fingerprint density at radius 2 is 1.71 bits per heavy atom. The molecule has 6 heteroatoms. The summed E-state index contributed by atoms with van der Waals surface area (Å²) in [6.45, 7) is 0. The van der Waals surface area contributed by atoms with Crippen molar-refractivity contribution in [2.45, 2.75) is 12.6 Å². The van der Waals surface area contributed by atoms with Crippen molar-refractivity contribution in [1.29, 1.82) is 0 Å². The lowest BCUT2D eigenvalue weighted by atomic mass is 10.1. The summed E-state index contributed by atoms with van der Waals surface area (Å²) in [5.74, 6) is 0. The third-order valence-electron chi connectivity index (χ3n) is 1.39. The zero-order chi connectivity index (χ0) is 9.14. The van der Waals surface area contributed by atoms with Crippen LogP contribution in [0.3, 0.4) is 0 Å². The molecule has 1 nitrogen and oxygen atoms in total. The third-order valence-corrected chi connectivity index (χ3v) is 1.62. The molecule has 0 bridgehead atoms. The molecule has 3 N–H and O–H groups in total. The minimum atomic E-state index is -3.00. The largest absolute Gasteiger partial charge is 0.344 e. The first kappa shape index (κ1) is 16.0. The highest BCUT2D eigenvalue weighted by molar-refractivity contribution is 6.30. The topological polar surface area (TPSA) is 35.0 Å². The molecular formula is C8H10Cl2F3N. The van der Waals surface area contributed by atoms with E-state index in [0.29, 0.717) is 0 Å². The Morgan fingerprint density at radius 3 is 2.14 bits per heavy atom. The van der Waals surface area contributed by atoms with Gasteiger partial charge in [0.05, 0.1) is 0 Å². The number of benzene rings is 1. The molecular weight excluding hydrogens is 238 g/mol. The maximum atomic E-state index is 12.6. The fraction of sp³-hybridized carbons (Fsp3) is 0.250. The van der Waals surface area contributed by atoms with Gasteiger partial charge in [0.25, 0.3) is 6.43 Å². The van der Waals surface area contributed by atoms with Crippen LogP contribution in [0.2, 0.25) is 5.02 Å². The van der Waals surface area contributed by atoms with Gasteiger partial charge in [-0.1, -0.05) is 23.7 Å². The smallest absolute Gasteiger partial charge is 0.273 e. The van der Waals surface area contributed by atoms with E-state index >= 15 is 0 Å². The van der Waals surface area contributed by atoms with Crippen LogP contribution in [0.1, 0.15) is 11.7 Å². The zero-order valence-corrected chi connectivity index (χ0v) is 8.66. The number of hydrogen-bond donors (Lipinski definition) is 1. The van der Waals surface area contributed by atoms with Crippen LogP contribution >= 0.6 is 24.0 Å². The van der Waals surface area contributed by atoms with Crippen LogP contribution in [0.25, 0.3) is 0 Å². The van der Waals surface area contributed by atoms with E-state index in [1.165, 1.54) is 24.3 Å². The van der Waals surface area contributed by atoms with Crippen molar-refractivity contribution in [3.05, 3.63) is 34.9 Å². The van der Waals surface area contributed by atoms with E-state index in [0.717, 1.165) is 0 Å². The molecule has 0 saturated heterocycles. The summed E-state index contributed by atoms with van der Waals surface area (Å²) in [5.41, 5.74) is -0.0856. The number of hydrogen-bond acceptors (Lipinski definition) is 1. The van der Waals surface area contributed by atoms with E-state index in [-0.39, 0.29) is 29.1 Å². The van der Waals surface area contributed by atoms with Crippen molar-refractivity contribution in [2.24, 2.45) is 0 Å². The second kappa shape index (κ2) is 6.92. The lowest BCUT2D eigenvalue weighted by Crippen LogP contribution is -2.02. The lowest BCUT2D eigenvalue weighted by molar-refractivity contribution is 0.0496. The monoisotopic (exact) mass is 247 g/mol. The second-order valence-electron chi connectivity index (χ2n) is 2.29. The SMILES string of the molecule is Cl.FC(F)C(F)c1cccc(Cl)c1.N. The summed E-state index contributed by atoms with van der Waals surface area (Å²) in [6.07, 6.45) is -5.24. The summed E-state index contributed by atoms with van der Waals surface area (Å²) in [6, 6.07) is 5.41. The van der Waals surface area contributed by atoms with Gasteiger partial charge in [-0.15, -0.1) is 12.4 Å². The zero-order valence-electron chi connectivity index (χ0n) is 7.09. The van der Waals surface area contributed by atoms with E-state index < -0.39 is 12.6 Å². The quantitative estimate of drug-likeness (QED) is 0.836. The molecule has 0 fully saturated rings. The van der Waals surface area contributed by atoms with E-state index in [9.17, 15) is 13.2 Å². The van der Waals surface area contributed by atoms with Gasteiger partial charge in [0, 0.05) is 5.02 Å². The average Bonchev–Trinajstić information content (AvgIpc) is 2.03. The molecule has 82 valence electrons. The van der Waals surface area contributed by atoms with Gasteiger partial charge in [-0.25, -0.2) is 13.2 Å².